The first-order chi connectivity index (χ1) is 10.4. The first-order valence-corrected chi connectivity index (χ1v) is 8.02. The van der Waals surface area contributed by atoms with Crippen LogP contribution in [-0.4, -0.2) is 14.5 Å². The Kier molecular flexibility index (Phi) is 3.57. The van der Waals surface area contributed by atoms with Crippen molar-refractivity contribution in [2.24, 2.45) is 0 Å². The molecule has 3 aromatic rings. The summed E-state index contributed by atoms with van der Waals surface area (Å²) in [5.74, 6) is 0. The summed E-state index contributed by atoms with van der Waals surface area (Å²) in [5.41, 5.74) is 0.438. The van der Waals surface area contributed by atoms with Crippen LogP contribution in [0, 0.1) is 14.9 Å². The Morgan fingerprint density at radius 3 is 2.86 bits per heavy atom. The molecule has 0 aliphatic heterocycles. The number of nitro benzene ring substituents is 1. The van der Waals surface area contributed by atoms with Crippen molar-refractivity contribution in [2.45, 2.75) is 26.3 Å². The van der Waals surface area contributed by atoms with Crippen LogP contribution in [0.15, 0.2) is 23.0 Å². The zero-order valence-corrected chi connectivity index (χ0v) is 13.6. The lowest BCUT2D eigenvalue weighted by atomic mass is 10.2. The second kappa shape index (κ2) is 5.29. The molecule has 0 bridgehead atoms. The number of aromatic amines is 1. The predicted molar refractivity (Wildman–Crippen MR) is 90.4 cm³/mol. The van der Waals surface area contributed by atoms with Crippen LogP contribution < -0.4 is 5.56 Å². The minimum atomic E-state index is -0.446. The largest absolute Gasteiger partial charge is 0.330 e. The molecule has 2 aromatic heterocycles. The van der Waals surface area contributed by atoms with Crippen molar-refractivity contribution in [3.63, 3.8) is 0 Å². The number of fused-ring (bicyclic) bond motifs is 3. The highest BCUT2D eigenvalue weighted by Crippen LogP contribution is 2.33. The molecular formula is C14H13N3O3S2. The van der Waals surface area contributed by atoms with E-state index in [2.05, 4.69) is 4.98 Å². The van der Waals surface area contributed by atoms with Crippen LogP contribution >= 0.6 is 23.6 Å². The molecule has 0 saturated carbocycles. The lowest BCUT2D eigenvalue weighted by Gasteiger charge is -2.12. The van der Waals surface area contributed by atoms with E-state index in [9.17, 15) is 14.9 Å². The van der Waals surface area contributed by atoms with Gasteiger partial charge < -0.3 is 4.98 Å². The van der Waals surface area contributed by atoms with Gasteiger partial charge in [0.15, 0.2) is 4.77 Å². The van der Waals surface area contributed by atoms with Gasteiger partial charge >= 0.3 is 0 Å². The van der Waals surface area contributed by atoms with Crippen LogP contribution in [0.25, 0.3) is 20.3 Å². The number of rotatable bonds is 3. The SMILES string of the molecule is CC[C@@H](C)n1c(=S)[nH]c2c(sc3ccc([N+](=O)[O-])cc32)c1=O. The standard InChI is InChI=1S/C14H13N3O3S2/c1-3-7(2)16-13(18)12-11(15-14(16)21)9-6-8(17(19)20)4-5-10(9)22-12/h4-7H,3H2,1-2H3,(H,15,21)/t7-/m1/s1. The van der Waals surface area contributed by atoms with Crippen molar-refractivity contribution >= 4 is 49.5 Å². The predicted octanol–water partition coefficient (Wildman–Crippen LogP) is 4.15. The third-order valence-corrected chi connectivity index (χ3v) is 5.24. The number of hydrogen-bond acceptors (Lipinski definition) is 5. The molecule has 0 saturated heterocycles. The van der Waals surface area contributed by atoms with E-state index in [1.165, 1.54) is 23.5 Å². The van der Waals surface area contributed by atoms with Gasteiger partial charge in [0.1, 0.15) is 4.70 Å². The number of thiophene rings is 1. The van der Waals surface area contributed by atoms with Gasteiger partial charge in [-0.2, -0.15) is 0 Å². The Hall–Kier alpha value is -2.06. The molecule has 1 aromatic carbocycles. The van der Waals surface area contributed by atoms with E-state index in [0.29, 0.717) is 20.4 Å². The second-order valence-corrected chi connectivity index (χ2v) is 6.55. The summed E-state index contributed by atoms with van der Waals surface area (Å²) >= 11 is 6.63. The minimum absolute atomic E-state index is 0.000184. The highest BCUT2D eigenvalue weighted by Gasteiger charge is 2.16. The third kappa shape index (κ3) is 2.15. The van der Waals surface area contributed by atoms with E-state index in [1.54, 1.807) is 10.6 Å². The molecule has 0 aliphatic carbocycles. The van der Waals surface area contributed by atoms with Gasteiger partial charge in [-0.1, -0.05) is 6.92 Å². The molecule has 0 spiro atoms. The molecule has 0 unspecified atom stereocenters. The first kappa shape index (κ1) is 14.9. The van der Waals surface area contributed by atoms with Crippen LogP contribution in [0.4, 0.5) is 5.69 Å². The number of benzene rings is 1. The van der Waals surface area contributed by atoms with E-state index in [-0.39, 0.29) is 17.3 Å². The van der Waals surface area contributed by atoms with Crippen molar-refractivity contribution in [3.8, 4) is 0 Å². The number of nitro groups is 1. The molecule has 0 aliphatic rings. The summed E-state index contributed by atoms with van der Waals surface area (Å²) in [4.78, 5) is 26.2. The zero-order valence-electron chi connectivity index (χ0n) is 12.0. The van der Waals surface area contributed by atoms with E-state index in [4.69, 9.17) is 12.2 Å². The van der Waals surface area contributed by atoms with Gasteiger partial charge in [-0.05, 0) is 31.6 Å². The maximum atomic E-state index is 12.7. The molecule has 114 valence electrons. The Morgan fingerprint density at radius 2 is 2.23 bits per heavy atom. The average molecular weight is 335 g/mol. The molecule has 0 amide bonds. The third-order valence-electron chi connectivity index (χ3n) is 3.78. The first-order valence-electron chi connectivity index (χ1n) is 6.79. The van der Waals surface area contributed by atoms with Gasteiger partial charge in [0.05, 0.1) is 10.4 Å². The topological polar surface area (TPSA) is 80.9 Å². The van der Waals surface area contributed by atoms with E-state index < -0.39 is 4.92 Å². The normalized spacial score (nSPS) is 12.8. The second-order valence-electron chi connectivity index (χ2n) is 5.11. The molecular weight excluding hydrogens is 322 g/mol. The number of nitrogens with zero attached hydrogens (tertiary/aromatic N) is 2. The van der Waals surface area contributed by atoms with Crippen molar-refractivity contribution in [1.29, 1.82) is 0 Å². The summed E-state index contributed by atoms with van der Waals surface area (Å²) in [6, 6.07) is 4.59. The van der Waals surface area contributed by atoms with Crippen LogP contribution in [-0.2, 0) is 0 Å². The molecule has 22 heavy (non-hydrogen) atoms. The van der Waals surface area contributed by atoms with Crippen LogP contribution in [0.3, 0.4) is 0 Å². The summed E-state index contributed by atoms with van der Waals surface area (Å²) in [6.07, 6.45) is 0.791. The Bertz CT molecular complexity index is 1020. The van der Waals surface area contributed by atoms with Gasteiger partial charge in [-0.3, -0.25) is 19.5 Å². The number of nitrogens with one attached hydrogen (secondary N) is 1. The fraction of sp³-hybridized carbons (Fsp3) is 0.286. The molecule has 0 fully saturated rings. The van der Waals surface area contributed by atoms with Gasteiger partial charge in [-0.25, -0.2) is 0 Å². The number of hydrogen-bond donors (Lipinski definition) is 1. The summed E-state index contributed by atoms with van der Waals surface area (Å²) in [5, 5.41) is 11.6. The van der Waals surface area contributed by atoms with Crippen molar-refractivity contribution in [2.75, 3.05) is 0 Å². The lowest BCUT2D eigenvalue weighted by molar-refractivity contribution is -0.384. The molecule has 6 nitrogen and oxygen atoms in total. The maximum Gasteiger partial charge on any atom is 0.272 e. The number of non-ortho nitro benzene ring substituents is 1. The quantitative estimate of drug-likeness (QED) is 0.443. The van der Waals surface area contributed by atoms with Gasteiger partial charge in [0, 0.05) is 28.3 Å². The van der Waals surface area contributed by atoms with Crippen molar-refractivity contribution in [3.05, 3.63) is 43.4 Å². The number of H-pyrrole nitrogens is 1. The molecule has 8 heteroatoms. The van der Waals surface area contributed by atoms with Crippen molar-refractivity contribution < 1.29 is 4.92 Å². The minimum Gasteiger partial charge on any atom is -0.330 e. The van der Waals surface area contributed by atoms with Crippen LogP contribution in [0.2, 0.25) is 0 Å². The van der Waals surface area contributed by atoms with Gasteiger partial charge in [-0.15, -0.1) is 11.3 Å². The zero-order chi connectivity index (χ0) is 16.0. The molecule has 1 N–H and O–H groups in total. The molecule has 3 rings (SSSR count). The fourth-order valence-electron chi connectivity index (χ4n) is 2.43. The average Bonchev–Trinajstić information content (AvgIpc) is 2.85. The molecule has 2 heterocycles. The van der Waals surface area contributed by atoms with Crippen LogP contribution in [0.5, 0.6) is 0 Å². The monoisotopic (exact) mass is 335 g/mol. The number of aromatic nitrogens is 2. The van der Waals surface area contributed by atoms with Crippen molar-refractivity contribution in [1.82, 2.24) is 9.55 Å². The Balaban J connectivity index is 2.43. The fourth-order valence-corrected chi connectivity index (χ4v) is 3.87. The van der Waals surface area contributed by atoms with E-state index in [1.807, 2.05) is 13.8 Å². The smallest absolute Gasteiger partial charge is 0.272 e. The Morgan fingerprint density at radius 1 is 1.50 bits per heavy atom. The van der Waals surface area contributed by atoms with E-state index in [0.717, 1.165) is 11.1 Å². The summed E-state index contributed by atoms with van der Waals surface area (Å²) in [6.45, 7) is 3.93. The highest BCUT2D eigenvalue weighted by atomic mass is 32.1. The highest BCUT2D eigenvalue weighted by molar-refractivity contribution is 7.71. The molecule has 1 atom stereocenters. The maximum absolute atomic E-state index is 12.7. The summed E-state index contributed by atoms with van der Waals surface area (Å²) in [7, 11) is 0. The van der Waals surface area contributed by atoms with Crippen LogP contribution in [0.1, 0.15) is 26.3 Å². The lowest BCUT2D eigenvalue weighted by Crippen LogP contribution is -2.24. The van der Waals surface area contributed by atoms with Gasteiger partial charge in [0.2, 0.25) is 0 Å². The van der Waals surface area contributed by atoms with Gasteiger partial charge in [0.25, 0.3) is 11.2 Å². The molecule has 0 radical (unpaired) electrons. The summed E-state index contributed by atoms with van der Waals surface area (Å²) < 4.78 is 3.29. The van der Waals surface area contributed by atoms with E-state index >= 15 is 0 Å². The Labute approximate surface area is 134 Å².